The molecule has 0 bridgehead atoms. The van der Waals surface area contributed by atoms with E-state index in [2.05, 4.69) is 17.0 Å². The Morgan fingerprint density at radius 1 is 1.02 bits per heavy atom. The number of hydrogen-bond acceptors (Lipinski definition) is 8. The Morgan fingerprint density at radius 2 is 1.70 bits per heavy atom. The number of halogens is 2. The van der Waals surface area contributed by atoms with Gasteiger partial charge in [-0.1, -0.05) is 53.6 Å². The van der Waals surface area contributed by atoms with E-state index in [9.17, 15) is 10.1 Å². The number of rotatable bonds is 14. The van der Waals surface area contributed by atoms with Gasteiger partial charge in [-0.2, -0.15) is 5.26 Å². The Hall–Kier alpha value is -3.92. The fourth-order valence-corrected chi connectivity index (χ4v) is 7.20. The van der Waals surface area contributed by atoms with E-state index in [1.165, 1.54) is 0 Å². The van der Waals surface area contributed by atoms with Gasteiger partial charge in [0.15, 0.2) is 0 Å². The maximum Gasteiger partial charge on any atom is 0.326 e. The number of piperazine rings is 1. The molecule has 1 unspecified atom stereocenters. The maximum absolute atomic E-state index is 15.0. The molecule has 0 aromatic heterocycles. The van der Waals surface area contributed by atoms with Gasteiger partial charge in [0.2, 0.25) is 5.91 Å². The van der Waals surface area contributed by atoms with Crippen molar-refractivity contribution in [3.63, 3.8) is 0 Å². The Kier molecular flexibility index (Phi) is 14.0. The summed E-state index contributed by atoms with van der Waals surface area (Å²) in [6.07, 6.45) is 6.62. The Bertz CT molecular complexity index is 1720. The summed E-state index contributed by atoms with van der Waals surface area (Å²) in [5.41, 5.74) is 1.62. The van der Waals surface area contributed by atoms with Crippen molar-refractivity contribution in [1.29, 1.82) is 5.26 Å². The summed E-state index contributed by atoms with van der Waals surface area (Å²) in [6.45, 7) is 10.1. The van der Waals surface area contributed by atoms with E-state index >= 15 is 4.79 Å². The van der Waals surface area contributed by atoms with Crippen LogP contribution in [0.4, 0.5) is 4.79 Å². The minimum absolute atomic E-state index is 0.000325. The molecule has 3 atom stereocenters. The van der Waals surface area contributed by atoms with Crippen LogP contribution in [0.1, 0.15) is 49.9 Å². The predicted molar refractivity (Wildman–Crippen MR) is 208 cm³/mol. The van der Waals surface area contributed by atoms with Gasteiger partial charge in [0.25, 0.3) is 0 Å². The summed E-state index contributed by atoms with van der Waals surface area (Å²) >= 11 is 12.7. The molecule has 3 aliphatic rings. The fraction of sp³-hybridized carbons (Fsp3) is 0.500. The van der Waals surface area contributed by atoms with Crippen LogP contribution in [0.25, 0.3) is 0 Å². The van der Waals surface area contributed by atoms with Crippen LogP contribution in [0.3, 0.4) is 0 Å². The van der Waals surface area contributed by atoms with Crippen LogP contribution < -0.4 is 4.74 Å². The number of methoxy groups -OCH3 is 2. The van der Waals surface area contributed by atoms with E-state index in [-0.39, 0.29) is 30.4 Å². The van der Waals surface area contributed by atoms with Crippen molar-refractivity contribution in [1.82, 2.24) is 19.6 Å². The van der Waals surface area contributed by atoms with E-state index in [1.807, 2.05) is 85.2 Å². The summed E-state index contributed by atoms with van der Waals surface area (Å²) in [7, 11) is 3.23. The fourth-order valence-electron chi connectivity index (χ4n) is 6.91. The minimum atomic E-state index is -0.754. The Labute approximate surface area is 323 Å². The molecule has 3 amide bonds. The van der Waals surface area contributed by atoms with Crippen LogP contribution in [0.2, 0.25) is 5.02 Å². The third kappa shape index (κ3) is 9.61. The highest BCUT2D eigenvalue weighted by molar-refractivity contribution is 6.31. The van der Waals surface area contributed by atoms with Gasteiger partial charge in [-0.05, 0) is 68.7 Å². The highest BCUT2D eigenvalue weighted by Crippen LogP contribution is 2.43. The molecule has 11 nitrogen and oxygen atoms in total. The van der Waals surface area contributed by atoms with Crippen LogP contribution in [0.5, 0.6) is 5.75 Å². The second-order valence-electron chi connectivity index (χ2n) is 14.0. The zero-order valence-corrected chi connectivity index (χ0v) is 32.8. The number of carbonyl (C=O) groups is 2. The SMILES string of the molecule is CCOc1cc(C(C)(C)C#N)ccc1C1=N[C@@H](C2C=CC(Cl)=CC2)[C@@H](c2ccc(Cl)cc2)N1C(=O)N1CCN(CC(=O)N(CCOC)CCOC)CC1. The number of aliphatic imine (C=N–C) groups is 1. The molecule has 13 heteroatoms. The molecule has 2 aromatic carbocycles. The van der Waals surface area contributed by atoms with Crippen LogP contribution >= 0.6 is 23.2 Å². The molecule has 1 saturated heterocycles. The minimum Gasteiger partial charge on any atom is -0.493 e. The number of ether oxygens (including phenoxy) is 3. The first-order chi connectivity index (χ1) is 25.5. The Balaban J connectivity index is 1.49. The smallest absolute Gasteiger partial charge is 0.326 e. The van der Waals surface area contributed by atoms with Crippen molar-refractivity contribution in [3.05, 3.63) is 87.4 Å². The molecule has 1 fully saturated rings. The van der Waals surface area contributed by atoms with Crippen LogP contribution in [0.15, 0.2) is 70.7 Å². The quantitative estimate of drug-likeness (QED) is 0.223. The van der Waals surface area contributed by atoms with Gasteiger partial charge in [-0.25, -0.2) is 4.79 Å². The van der Waals surface area contributed by atoms with Crippen LogP contribution in [-0.2, 0) is 19.7 Å². The molecular weight excluding hydrogens is 715 g/mol. The number of allylic oxidation sites excluding steroid dienone is 3. The largest absolute Gasteiger partial charge is 0.493 e. The predicted octanol–water partition coefficient (Wildman–Crippen LogP) is 6.27. The van der Waals surface area contributed by atoms with Crippen molar-refractivity contribution in [2.45, 2.75) is 44.7 Å². The highest BCUT2D eigenvalue weighted by atomic mass is 35.5. The Morgan fingerprint density at radius 3 is 2.28 bits per heavy atom. The molecule has 284 valence electrons. The van der Waals surface area contributed by atoms with Crippen molar-refractivity contribution < 1.29 is 23.8 Å². The lowest BCUT2D eigenvalue weighted by molar-refractivity contribution is -0.134. The van der Waals surface area contributed by atoms with Gasteiger partial charge in [0, 0.05) is 69.5 Å². The van der Waals surface area contributed by atoms with Gasteiger partial charge < -0.3 is 24.0 Å². The summed E-state index contributed by atoms with van der Waals surface area (Å²) < 4.78 is 16.7. The summed E-state index contributed by atoms with van der Waals surface area (Å²) in [5.74, 6) is 1.01. The van der Waals surface area contributed by atoms with E-state index in [0.717, 1.165) is 11.1 Å². The number of amides is 3. The van der Waals surface area contributed by atoms with Gasteiger partial charge in [0.1, 0.15) is 11.6 Å². The van der Waals surface area contributed by atoms with Crippen molar-refractivity contribution in [2.75, 3.05) is 79.9 Å². The molecule has 0 spiro atoms. The third-order valence-corrected chi connectivity index (χ3v) is 10.6. The van der Waals surface area contributed by atoms with Gasteiger partial charge in [-0.15, -0.1) is 0 Å². The first-order valence-electron chi connectivity index (χ1n) is 18.1. The summed E-state index contributed by atoms with van der Waals surface area (Å²) in [6, 6.07) is 14.7. The zero-order valence-electron chi connectivity index (χ0n) is 31.3. The number of nitriles is 1. The first-order valence-corrected chi connectivity index (χ1v) is 18.9. The number of urea groups is 1. The average molecular weight is 766 g/mol. The molecule has 0 radical (unpaired) electrons. The topological polar surface area (TPSA) is 111 Å². The molecule has 2 heterocycles. The molecule has 53 heavy (non-hydrogen) atoms. The van der Waals surface area contributed by atoms with E-state index in [1.54, 1.807) is 19.1 Å². The highest BCUT2D eigenvalue weighted by Gasteiger charge is 2.46. The molecule has 5 rings (SSSR count). The van der Waals surface area contributed by atoms with Gasteiger partial charge in [-0.3, -0.25) is 19.6 Å². The molecule has 2 aliphatic heterocycles. The lowest BCUT2D eigenvalue weighted by Gasteiger charge is -2.39. The standard InChI is InChI=1S/C40H50Cl2N6O5/c1-6-53-34-25-30(40(2,3)27-43)11-16-33(34)38-44-36(28-7-12-31(41)13-8-28)37(29-9-14-32(42)15-10-29)48(38)39(50)47-19-17-45(18-20-47)26-35(49)46(21-23-51-4)22-24-52-5/h7,9-16,25,28,36-37H,6,8,17-24,26H2,1-5H3/t28?,36-,37+/m0/s1. The molecule has 1 aliphatic carbocycles. The number of benzene rings is 2. The second-order valence-corrected chi connectivity index (χ2v) is 14.8. The van der Waals surface area contributed by atoms with Crippen LogP contribution in [0, 0.1) is 17.2 Å². The molecule has 2 aromatic rings. The third-order valence-electron chi connectivity index (χ3n) is 10.1. The van der Waals surface area contributed by atoms with Gasteiger partial charge in [0.05, 0.1) is 55.5 Å². The molecule has 0 saturated carbocycles. The van der Waals surface area contributed by atoms with Crippen molar-refractivity contribution in [3.8, 4) is 11.8 Å². The van der Waals surface area contributed by atoms with Crippen molar-refractivity contribution in [2.24, 2.45) is 10.9 Å². The molecular formula is C40H50Cl2N6O5. The maximum atomic E-state index is 15.0. The zero-order chi connectivity index (χ0) is 38.1. The van der Waals surface area contributed by atoms with Crippen LogP contribution in [-0.4, -0.2) is 123 Å². The monoisotopic (exact) mass is 764 g/mol. The number of amidine groups is 1. The lowest BCUT2D eigenvalue weighted by atomic mass is 9.85. The van der Waals surface area contributed by atoms with E-state index in [4.69, 9.17) is 42.4 Å². The lowest BCUT2D eigenvalue weighted by Crippen LogP contribution is -2.56. The van der Waals surface area contributed by atoms with Crippen molar-refractivity contribution >= 4 is 41.0 Å². The molecule has 0 N–H and O–H groups in total. The second kappa shape index (κ2) is 18.4. The van der Waals surface area contributed by atoms with Gasteiger partial charge >= 0.3 is 6.03 Å². The summed E-state index contributed by atoms with van der Waals surface area (Å²) in [4.78, 5) is 41.2. The average Bonchev–Trinajstić information content (AvgIpc) is 3.55. The first kappa shape index (κ1) is 40.3. The number of nitrogens with zero attached hydrogens (tertiary/aromatic N) is 6. The van der Waals surface area contributed by atoms with E-state index in [0.29, 0.717) is 92.7 Å². The van der Waals surface area contributed by atoms with E-state index < -0.39 is 11.5 Å². The number of carbonyl (C=O) groups excluding carboxylic acids is 2. The summed E-state index contributed by atoms with van der Waals surface area (Å²) in [5, 5.41) is 11.2. The number of hydrogen-bond donors (Lipinski definition) is 0. The normalized spacial score (nSPS) is 20.5.